The third kappa shape index (κ3) is 4.69. The van der Waals surface area contributed by atoms with Crippen LogP contribution in [0.4, 0.5) is 20.9 Å². The molecule has 0 spiro atoms. The number of halogens is 4. The fraction of sp³-hybridized carbons (Fsp3) is 0.130. The molecule has 3 aromatic carbocycles. The number of hydrazine groups is 1. The van der Waals surface area contributed by atoms with Crippen LogP contribution in [0.1, 0.15) is 33.2 Å². The predicted molar refractivity (Wildman–Crippen MR) is 135 cm³/mol. The maximum Gasteiger partial charge on any atom is 0.333 e. The molecule has 4 rings (SSSR count). The Morgan fingerprint density at radius 3 is 2.19 bits per heavy atom. The van der Waals surface area contributed by atoms with E-state index in [1.54, 1.807) is 38.1 Å². The lowest BCUT2D eigenvalue weighted by Gasteiger charge is -2.31. The number of anilines is 1. The van der Waals surface area contributed by atoms with E-state index in [0.717, 1.165) is 17.1 Å². The average molecular weight is 570 g/mol. The minimum Gasteiger partial charge on any atom is -0.276 e. The first-order valence-electron chi connectivity index (χ1n) is 10.3. The lowest BCUT2D eigenvalue weighted by molar-refractivity contribution is 0.0636. The van der Waals surface area contributed by atoms with Crippen molar-refractivity contribution in [2.75, 3.05) is 11.6 Å². The molecule has 0 unspecified atom stereocenters. The summed E-state index contributed by atoms with van der Waals surface area (Å²) in [5.41, 5.74) is 2.06. The lowest BCUT2D eigenvalue weighted by atomic mass is 10.0. The van der Waals surface area contributed by atoms with Crippen molar-refractivity contribution in [3.8, 4) is 0 Å². The number of benzene rings is 3. The van der Waals surface area contributed by atoms with E-state index in [4.69, 9.17) is 34.8 Å². The van der Waals surface area contributed by atoms with E-state index in [1.165, 1.54) is 17.1 Å². The number of amides is 2. The first-order valence-corrected chi connectivity index (χ1v) is 12.9. The fourth-order valence-electron chi connectivity index (χ4n) is 3.73. The van der Waals surface area contributed by atoms with Gasteiger partial charge in [-0.05, 0) is 55.8 Å². The normalized spacial score (nSPS) is 13.6. The quantitative estimate of drug-likeness (QED) is 0.180. The van der Waals surface area contributed by atoms with Gasteiger partial charge >= 0.3 is 10.2 Å². The second-order valence-corrected chi connectivity index (χ2v) is 10.2. The second kappa shape index (κ2) is 9.78. The Morgan fingerprint density at radius 2 is 1.58 bits per heavy atom. The number of azo groups is 1. The van der Waals surface area contributed by atoms with Crippen LogP contribution in [-0.4, -0.2) is 31.8 Å². The minimum atomic E-state index is -5.06. The van der Waals surface area contributed by atoms with E-state index >= 15 is 0 Å². The summed E-state index contributed by atoms with van der Waals surface area (Å²) in [6.45, 7) is 3.84. The molecule has 0 N–H and O–H groups in total. The van der Waals surface area contributed by atoms with Crippen molar-refractivity contribution in [1.29, 1.82) is 0 Å². The lowest BCUT2D eigenvalue weighted by Crippen LogP contribution is -2.46. The molecule has 1 aliphatic heterocycles. The molecule has 0 radical (unpaired) electrons. The van der Waals surface area contributed by atoms with Gasteiger partial charge in [-0.25, -0.2) is 0 Å². The van der Waals surface area contributed by atoms with Gasteiger partial charge in [-0.15, -0.1) is 14.1 Å². The van der Waals surface area contributed by atoms with E-state index in [1.807, 2.05) is 0 Å². The Bertz CT molecular complexity index is 1560. The topological polar surface area (TPSA) is 99.5 Å². The van der Waals surface area contributed by atoms with Crippen molar-refractivity contribution < 1.29 is 21.9 Å². The summed E-state index contributed by atoms with van der Waals surface area (Å²) in [6, 6.07) is 11.6. The van der Waals surface area contributed by atoms with Gasteiger partial charge in [0.2, 0.25) is 0 Å². The van der Waals surface area contributed by atoms with Gasteiger partial charge in [0.15, 0.2) is 0 Å². The van der Waals surface area contributed by atoms with Crippen molar-refractivity contribution in [2.24, 2.45) is 10.2 Å². The third-order valence-corrected chi connectivity index (χ3v) is 7.29. The smallest absolute Gasteiger partial charge is 0.276 e. The molecule has 1 aliphatic rings. The van der Waals surface area contributed by atoms with Crippen LogP contribution in [0.5, 0.6) is 0 Å². The van der Waals surface area contributed by atoms with Crippen molar-refractivity contribution in [2.45, 2.75) is 18.7 Å². The number of imide groups is 1. The molecule has 3 aromatic rings. The standard InChI is InChI=1S/C23H16Cl3FN4O4S/c1-3-30(31-22(32)14-6-4-5-12(2)21(14)23(31)33)13-7-8-18(15(24)9-13)28-29-19-10-17(26)20(11-16(19)25)36(27,34)35/h4-11H,3H2,1-2H3. The molecule has 36 heavy (non-hydrogen) atoms. The molecule has 0 bridgehead atoms. The highest BCUT2D eigenvalue weighted by molar-refractivity contribution is 7.86. The van der Waals surface area contributed by atoms with Crippen molar-refractivity contribution in [3.63, 3.8) is 0 Å². The number of aryl methyl sites for hydroxylation is 1. The van der Waals surface area contributed by atoms with Crippen LogP contribution >= 0.6 is 34.8 Å². The highest BCUT2D eigenvalue weighted by Crippen LogP contribution is 2.37. The molecular formula is C23H16Cl3FN4O4S. The summed E-state index contributed by atoms with van der Waals surface area (Å²) in [5.74, 6) is -0.870. The van der Waals surface area contributed by atoms with E-state index < -0.39 is 32.0 Å². The molecule has 1 heterocycles. The molecule has 2 amide bonds. The van der Waals surface area contributed by atoms with Gasteiger partial charge in [0.25, 0.3) is 11.8 Å². The molecule has 0 fully saturated rings. The van der Waals surface area contributed by atoms with E-state index in [0.29, 0.717) is 28.9 Å². The first kappa shape index (κ1) is 26.0. The molecular weight excluding hydrogens is 554 g/mol. The molecule has 0 saturated heterocycles. The Balaban J connectivity index is 1.63. The number of carbonyl (C=O) groups excluding carboxylic acids is 2. The molecule has 0 aromatic heterocycles. The van der Waals surface area contributed by atoms with Gasteiger partial charge in [-0.1, -0.05) is 46.9 Å². The van der Waals surface area contributed by atoms with Crippen LogP contribution < -0.4 is 5.01 Å². The van der Waals surface area contributed by atoms with Gasteiger partial charge in [0.1, 0.15) is 16.3 Å². The van der Waals surface area contributed by atoms with E-state index in [-0.39, 0.29) is 21.4 Å². The number of carbonyl (C=O) groups is 2. The van der Waals surface area contributed by atoms with Gasteiger partial charge in [-0.3, -0.25) is 14.6 Å². The maximum absolute atomic E-state index is 13.3. The predicted octanol–water partition coefficient (Wildman–Crippen LogP) is 7.07. The zero-order valence-electron chi connectivity index (χ0n) is 18.7. The summed E-state index contributed by atoms with van der Waals surface area (Å²) in [4.78, 5) is 25.3. The monoisotopic (exact) mass is 568 g/mol. The summed E-state index contributed by atoms with van der Waals surface area (Å²) >= 11 is 18.2. The minimum absolute atomic E-state index is 0.00853. The SMILES string of the molecule is CCN(c1ccc(N=Nc2cc(Cl)c(S(=O)(=O)F)cc2Cl)c(Cl)c1)N1C(=O)c2cccc(C)c2C1=O. The number of hydrogen-bond donors (Lipinski definition) is 0. The van der Waals surface area contributed by atoms with Gasteiger partial charge in [-0.2, -0.15) is 13.4 Å². The van der Waals surface area contributed by atoms with Crippen LogP contribution in [0, 0.1) is 6.92 Å². The Hall–Kier alpha value is -3.05. The van der Waals surface area contributed by atoms with Gasteiger partial charge in [0.05, 0.1) is 31.9 Å². The van der Waals surface area contributed by atoms with Crippen LogP contribution in [0.2, 0.25) is 15.1 Å². The summed E-state index contributed by atoms with van der Waals surface area (Å²) in [6.07, 6.45) is 0. The van der Waals surface area contributed by atoms with Crippen LogP contribution in [0.25, 0.3) is 0 Å². The molecule has 0 saturated carbocycles. The summed E-state index contributed by atoms with van der Waals surface area (Å²) in [5, 5.41) is 10.1. The van der Waals surface area contributed by atoms with Gasteiger partial charge < -0.3 is 0 Å². The molecule has 186 valence electrons. The Morgan fingerprint density at radius 1 is 0.917 bits per heavy atom. The molecule has 0 aliphatic carbocycles. The zero-order valence-corrected chi connectivity index (χ0v) is 21.8. The van der Waals surface area contributed by atoms with E-state index in [2.05, 4.69) is 10.2 Å². The second-order valence-electron chi connectivity index (χ2n) is 7.64. The van der Waals surface area contributed by atoms with Crippen molar-refractivity contribution >= 4 is 73.9 Å². The van der Waals surface area contributed by atoms with Crippen molar-refractivity contribution in [3.05, 3.63) is 80.3 Å². The number of hydrogen-bond acceptors (Lipinski definition) is 7. The van der Waals surface area contributed by atoms with E-state index in [9.17, 15) is 21.9 Å². The number of nitrogens with zero attached hydrogens (tertiary/aromatic N) is 4. The Labute approximate surface area is 221 Å². The summed E-state index contributed by atoms with van der Waals surface area (Å²) < 4.78 is 35.6. The van der Waals surface area contributed by atoms with Gasteiger partial charge in [0, 0.05) is 6.54 Å². The Kier molecular flexibility index (Phi) is 7.07. The average Bonchev–Trinajstić information content (AvgIpc) is 3.06. The highest BCUT2D eigenvalue weighted by atomic mass is 35.5. The van der Waals surface area contributed by atoms with Crippen LogP contribution in [-0.2, 0) is 10.2 Å². The molecule has 13 heteroatoms. The molecule has 8 nitrogen and oxygen atoms in total. The van der Waals surface area contributed by atoms with Crippen LogP contribution in [0.15, 0.2) is 63.7 Å². The number of rotatable bonds is 6. The number of fused-ring (bicyclic) bond motifs is 1. The summed E-state index contributed by atoms with van der Waals surface area (Å²) in [7, 11) is -5.06. The van der Waals surface area contributed by atoms with Crippen LogP contribution in [0.3, 0.4) is 0 Å². The highest BCUT2D eigenvalue weighted by Gasteiger charge is 2.40. The molecule has 0 atom stereocenters. The first-order chi connectivity index (χ1) is 16.9. The zero-order chi connectivity index (χ0) is 26.4. The third-order valence-electron chi connectivity index (χ3n) is 5.40. The largest absolute Gasteiger partial charge is 0.333 e. The maximum atomic E-state index is 13.3. The fourth-order valence-corrected chi connectivity index (χ4v) is 5.19. The van der Waals surface area contributed by atoms with Crippen molar-refractivity contribution in [1.82, 2.24) is 5.01 Å².